The average molecular weight is 267 g/mol. The smallest absolute Gasteiger partial charge is 0.0710 e. The number of rotatable bonds is 1. The number of nitrogens with zero attached hydrogens (tertiary/aromatic N) is 2. The van der Waals surface area contributed by atoms with Gasteiger partial charge in [-0.2, -0.15) is 0 Å². The number of hydrogen-bond acceptors (Lipinski definition) is 3. The molecule has 2 rings (SSSR count). The van der Waals surface area contributed by atoms with Crippen LogP contribution in [-0.2, 0) is 0 Å². The maximum absolute atomic E-state index is 4.46. The van der Waals surface area contributed by atoms with Crippen LogP contribution in [0.3, 0.4) is 0 Å². The number of aromatic nitrogens is 1. The molecule has 1 aromatic rings. The second kappa shape index (κ2) is 6.59. The lowest BCUT2D eigenvalue weighted by molar-refractivity contribution is 0.281. The molecule has 0 amide bonds. The largest absolute Gasteiger partial charge is 0.301 e. The molecule has 1 aromatic heterocycles. The minimum absolute atomic E-state index is 0. The quantitative estimate of drug-likeness (QED) is 0.778. The third-order valence-electron chi connectivity index (χ3n) is 2.39. The van der Waals surface area contributed by atoms with Crippen LogP contribution in [0.1, 0.15) is 18.2 Å². The molecule has 1 atom stereocenters. The highest BCUT2D eigenvalue weighted by atomic mass is 35.5. The average Bonchev–Trinajstić information content (AvgIpc) is 2.17. The van der Waals surface area contributed by atoms with Gasteiger partial charge in [-0.15, -0.1) is 36.6 Å². The summed E-state index contributed by atoms with van der Waals surface area (Å²) < 4.78 is 0. The molecule has 0 saturated carbocycles. The van der Waals surface area contributed by atoms with Crippen molar-refractivity contribution in [3.63, 3.8) is 0 Å². The van der Waals surface area contributed by atoms with Gasteiger partial charge >= 0.3 is 0 Å². The van der Waals surface area contributed by atoms with E-state index in [0.29, 0.717) is 6.04 Å². The van der Waals surface area contributed by atoms with Crippen molar-refractivity contribution < 1.29 is 0 Å². The third kappa shape index (κ3) is 3.25. The predicted octanol–water partition coefficient (Wildman–Crippen LogP) is 3.02. The molecular formula is C10H16Cl2N2S. The summed E-state index contributed by atoms with van der Waals surface area (Å²) >= 11 is 1.92. The van der Waals surface area contributed by atoms with E-state index in [1.807, 2.05) is 24.0 Å². The molecule has 15 heavy (non-hydrogen) atoms. The van der Waals surface area contributed by atoms with Crippen molar-refractivity contribution in [2.75, 3.05) is 19.8 Å². The number of halogens is 2. The number of thioether (sulfide) groups is 1. The van der Waals surface area contributed by atoms with Crippen molar-refractivity contribution >= 4 is 36.6 Å². The summed E-state index contributed by atoms with van der Waals surface area (Å²) in [5.41, 5.74) is 1.25. The van der Waals surface area contributed by atoms with Gasteiger partial charge in [0.1, 0.15) is 0 Å². The SMILES string of the molecule is CN(C)C1CCSc2cccnc21.Cl.Cl. The summed E-state index contributed by atoms with van der Waals surface area (Å²) in [7, 11) is 4.25. The molecule has 0 aliphatic carbocycles. The van der Waals surface area contributed by atoms with Crippen molar-refractivity contribution in [3.05, 3.63) is 24.0 Å². The summed E-state index contributed by atoms with van der Waals surface area (Å²) in [5, 5.41) is 0. The Morgan fingerprint density at radius 3 is 2.80 bits per heavy atom. The first-order valence-corrected chi connectivity index (χ1v) is 5.52. The highest BCUT2D eigenvalue weighted by molar-refractivity contribution is 7.99. The van der Waals surface area contributed by atoms with E-state index < -0.39 is 0 Å². The molecular weight excluding hydrogens is 251 g/mol. The molecule has 2 nitrogen and oxygen atoms in total. The first-order valence-electron chi connectivity index (χ1n) is 4.53. The Balaban J connectivity index is 0.000000980. The van der Waals surface area contributed by atoms with Crippen molar-refractivity contribution in [1.82, 2.24) is 9.88 Å². The molecule has 86 valence electrons. The maximum Gasteiger partial charge on any atom is 0.0710 e. The van der Waals surface area contributed by atoms with E-state index in [2.05, 4.69) is 30.0 Å². The van der Waals surface area contributed by atoms with E-state index >= 15 is 0 Å². The Kier molecular flexibility index (Phi) is 6.60. The van der Waals surface area contributed by atoms with Gasteiger partial charge in [0.2, 0.25) is 0 Å². The van der Waals surface area contributed by atoms with Crippen molar-refractivity contribution in [3.8, 4) is 0 Å². The topological polar surface area (TPSA) is 16.1 Å². The van der Waals surface area contributed by atoms with Crippen LogP contribution in [0.4, 0.5) is 0 Å². The fourth-order valence-corrected chi connectivity index (χ4v) is 2.77. The van der Waals surface area contributed by atoms with Crippen LogP contribution in [0.25, 0.3) is 0 Å². The molecule has 1 aliphatic rings. The Hall–Kier alpha value is 0.0400. The van der Waals surface area contributed by atoms with Crippen molar-refractivity contribution in [2.45, 2.75) is 17.4 Å². The van der Waals surface area contributed by atoms with Gasteiger partial charge in [0.15, 0.2) is 0 Å². The first kappa shape index (κ1) is 15.0. The van der Waals surface area contributed by atoms with E-state index in [1.54, 1.807) is 0 Å². The first-order chi connectivity index (χ1) is 6.29. The summed E-state index contributed by atoms with van der Waals surface area (Å²) in [4.78, 5) is 8.07. The van der Waals surface area contributed by atoms with Crippen molar-refractivity contribution in [2.24, 2.45) is 0 Å². The van der Waals surface area contributed by atoms with Crippen LogP contribution in [0.15, 0.2) is 23.2 Å². The van der Waals surface area contributed by atoms with Gasteiger partial charge in [-0.3, -0.25) is 4.98 Å². The Morgan fingerprint density at radius 1 is 1.40 bits per heavy atom. The highest BCUT2D eigenvalue weighted by Gasteiger charge is 2.22. The molecule has 5 heteroatoms. The van der Waals surface area contributed by atoms with Gasteiger partial charge in [-0.1, -0.05) is 0 Å². The number of hydrogen-bond donors (Lipinski definition) is 0. The summed E-state index contributed by atoms with van der Waals surface area (Å²) in [6.07, 6.45) is 3.10. The van der Waals surface area contributed by atoms with E-state index in [4.69, 9.17) is 0 Å². The monoisotopic (exact) mass is 266 g/mol. The Bertz CT molecular complexity index is 307. The second-order valence-electron chi connectivity index (χ2n) is 3.50. The van der Waals surface area contributed by atoms with E-state index in [1.165, 1.54) is 22.8 Å². The van der Waals surface area contributed by atoms with Crippen LogP contribution < -0.4 is 0 Å². The van der Waals surface area contributed by atoms with E-state index in [0.717, 1.165) is 0 Å². The van der Waals surface area contributed by atoms with Gasteiger partial charge in [-0.25, -0.2) is 0 Å². The lowest BCUT2D eigenvalue weighted by Crippen LogP contribution is -2.24. The van der Waals surface area contributed by atoms with Crippen LogP contribution in [0.2, 0.25) is 0 Å². The number of pyridine rings is 1. The summed E-state index contributed by atoms with van der Waals surface area (Å²) in [6.45, 7) is 0. The number of fused-ring (bicyclic) bond motifs is 1. The van der Waals surface area contributed by atoms with Crippen molar-refractivity contribution in [1.29, 1.82) is 0 Å². The van der Waals surface area contributed by atoms with E-state index in [-0.39, 0.29) is 24.8 Å². The minimum Gasteiger partial charge on any atom is -0.301 e. The molecule has 0 fully saturated rings. The molecule has 0 spiro atoms. The zero-order valence-electron chi connectivity index (χ0n) is 8.84. The summed E-state index contributed by atoms with van der Waals surface area (Å²) in [6, 6.07) is 4.70. The fourth-order valence-electron chi connectivity index (χ4n) is 1.70. The second-order valence-corrected chi connectivity index (χ2v) is 4.64. The van der Waals surface area contributed by atoms with Crippen LogP contribution in [-0.4, -0.2) is 29.7 Å². The fraction of sp³-hybridized carbons (Fsp3) is 0.500. The highest BCUT2D eigenvalue weighted by Crippen LogP contribution is 2.36. The van der Waals surface area contributed by atoms with Crippen LogP contribution >= 0.6 is 36.6 Å². The Labute approximate surface area is 108 Å². The van der Waals surface area contributed by atoms with Gasteiger partial charge in [-0.05, 0) is 38.4 Å². The Morgan fingerprint density at radius 2 is 2.13 bits per heavy atom. The third-order valence-corrected chi connectivity index (χ3v) is 3.48. The molecule has 0 saturated heterocycles. The lowest BCUT2D eigenvalue weighted by Gasteiger charge is -2.28. The zero-order chi connectivity index (χ0) is 9.26. The zero-order valence-corrected chi connectivity index (χ0v) is 11.3. The standard InChI is InChI=1S/C10H14N2S.2ClH/c1-12(2)8-5-7-13-9-4-3-6-11-10(8)9;;/h3-4,6,8H,5,7H2,1-2H3;2*1H. The van der Waals surface area contributed by atoms with Crippen LogP contribution in [0.5, 0.6) is 0 Å². The van der Waals surface area contributed by atoms with Crippen LogP contribution in [0, 0.1) is 0 Å². The van der Waals surface area contributed by atoms with Gasteiger partial charge in [0, 0.05) is 11.1 Å². The normalized spacial score (nSPS) is 18.7. The van der Waals surface area contributed by atoms with Gasteiger partial charge < -0.3 is 4.90 Å². The molecule has 2 heterocycles. The molecule has 1 unspecified atom stereocenters. The van der Waals surface area contributed by atoms with Gasteiger partial charge in [0.25, 0.3) is 0 Å². The molecule has 0 bridgehead atoms. The summed E-state index contributed by atoms with van der Waals surface area (Å²) in [5.74, 6) is 1.21. The molecule has 1 aliphatic heterocycles. The van der Waals surface area contributed by atoms with Gasteiger partial charge in [0.05, 0.1) is 11.7 Å². The minimum atomic E-state index is 0. The molecule has 0 aromatic carbocycles. The maximum atomic E-state index is 4.46. The van der Waals surface area contributed by atoms with E-state index in [9.17, 15) is 0 Å². The lowest BCUT2D eigenvalue weighted by atomic mass is 10.1. The predicted molar refractivity (Wildman–Crippen MR) is 70.5 cm³/mol. The molecule has 0 radical (unpaired) electrons. The molecule has 0 N–H and O–H groups in total.